The molecule has 0 N–H and O–H groups in total. The van der Waals surface area contributed by atoms with Gasteiger partial charge in [-0.2, -0.15) is 31.7 Å². The lowest BCUT2D eigenvalue weighted by Gasteiger charge is -2.16. The van der Waals surface area contributed by atoms with E-state index in [1.54, 1.807) is 0 Å². The first-order valence-corrected chi connectivity index (χ1v) is 3.23. The van der Waals surface area contributed by atoms with Crippen molar-refractivity contribution in [2.24, 2.45) is 4.99 Å². The maximum Gasteiger partial charge on any atom is 0.434 e. The molecule has 0 aliphatic carbocycles. The van der Waals surface area contributed by atoms with Crippen molar-refractivity contribution in [3.05, 3.63) is 11.3 Å². The van der Waals surface area contributed by atoms with Gasteiger partial charge in [0.25, 0.3) is 5.91 Å². The van der Waals surface area contributed by atoms with Crippen LogP contribution in [-0.4, -0.2) is 24.6 Å². The fourth-order valence-corrected chi connectivity index (χ4v) is 0.794. The number of amides is 1. The number of carbonyl (C=O) groups is 1. The minimum atomic E-state index is -5.45. The molecular weight excluding hydrogens is 230 g/mol. The van der Waals surface area contributed by atoms with Gasteiger partial charge in [-0.15, -0.1) is 0 Å². The van der Waals surface area contributed by atoms with E-state index in [1.165, 1.54) is 6.34 Å². The number of nitrogens with zero attached hydrogens (tertiary/aromatic N) is 2. The summed E-state index contributed by atoms with van der Waals surface area (Å²) in [6.45, 7) is 0. The molecule has 15 heavy (non-hydrogen) atoms. The predicted molar refractivity (Wildman–Crippen MR) is 33.7 cm³/mol. The van der Waals surface area contributed by atoms with E-state index in [2.05, 4.69) is 10.3 Å². The van der Waals surface area contributed by atoms with Crippen LogP contribution in [0.3, 0.4) is 0 Å². The second-order valence-corrected chi connectivity index (χ2v) is 2.35. The molecule has 9 heteroatoms. The molecule has 0 aromatic carbocycles. The Bertz CT molecular complexity index is 350. The van der Waals surface area contributed by atoms with Crippen LogP contribution in [0.2, 0.25) is 0 Å². The Morgan fingerprint density at radius 2 is 1.53 bits per heavy atom. The summed E-state index contributed by atoms with van der Waals surface area (Å²) in [6, 6.07) is 0. The van der Waals surface area contributed by atoms with Crippen LogP contribution in [0.25, 0.3) is 0 Å². The Morgan fingerprint density at radius 3 is 1.87 bits per heavy atom. The number of allylic oxidation sites excluding steroid dienone is 1. The van der Waals surface area contributed by atoms with Crippen LogP contribution in [0.1, 0.15) is 0 Å². The van der Waals surface area contributed by atoms with Crippen molar-refractivity contribution in [3.63, 3.8) is 0 Å². The average Bonchev–Trinajstić information content (AvgIpc) is 1.99. The van der Waals surface area contributed by atoms with E-state index in [-0.39, 0.29) is 0 Å². The van der Waals surface area contributed by atoms with Crippen molar-refractivity contribution in [3.8, 4) is 0 Å². The van der Waals surface area contributed by atoms with Gasteiger partial charge in [-0.1, -0.05) is 0 Å². The molecule has 0 unspecified atom stereocenters. The average molecular weight is 230 g/mol. The molecule has 82 valence electrons. The number of aliphatic imine (C=N–C) groups is 1. The summed E-state index contributed by atoms with van der Waals surface area (Å²) in [5, 5.41) is 2.41. The molecule has 0 aromatic rings. The van der Waals surface area contributed by atoms with Gasteiger partial charge in [-0.25, -0.2) is 4.99 Å². The number of alkyl halides is 6. The third kappa shape index (κ3) is 2.28. The molecule has 1 rings (SSSR count). The standard InChI is InChI=1S/C6F6N2O/c7-5(8,9)2-3(6(10,11)12)13-1-14-4(2)15. The minimum Gasteiger partial charge on any atom is -0.267 e. The molecule has 1 heterocycles. The van der Waals surface area contributed by atoms with Crippen LogP contribution < -0.4 is 5.32 Å². The predicted octanol–water partition coefficient (Wildman–Crippen LogP) is 1.42. The van der Waals surface area contributed by atoms with Crippen LogP contribution >= 0.6 is 0 Å². The quantitative estimate of drug-likeness (QED) is 0.580. The van der Waals surface area contributed by atoms with Crippen LogP contribution in [-0.2, 0) is 4.79 Å². The zero-order chi connectivity index (χ0) is 11.9. The van der Waals surface area contributed by atoms with Crippen LogP contribution in [0.15, 0.2) is 16.3 Å². The Kier molecular flexibility index (Phi) is 2.49. The van der Waals surface area contributed by atoms with Gasteiger partial charge in [-0.3, -0.25) is 4.79 Å². The first-order chi connectivity index (χ1) is 6.64. The molecule has 0 fully saturated rings. The molecule has 0 bridgehead atoms. The van der Waals surface area contributed by atoms with Gasteiger partial charge in [-0.05, 0) is 0 Å². The van der Waals surface area contributed by atoms with Gasteiger partial charge in [0.05, 0.1) is 0 Å². The van der Waals surface area contributed by atoms with E-state index >= 15 is 0 Å². The van der Waals surface area contributed by atoms with Gasteiger partial charge in [0, 0.05) is 0 Å². The Labute approximate surface area is 78.5 Å². The Morgan fingerprint density at radius 1 is 1.00 bits per heavy atom. The lowest BCUT2D eigenvalue weighted by Crippen LogP contribution is -2.34. The van der Waals surface area contributed by atoms with E-state index in [1.807, 2.05) is 0 Å². The van der Waals surface area contributed by atoms with E-state index in [0.29, 0.717) is 0 Å². The number of halogens is 6. The maximum absolute atomic E-state index is 12.0. The monoisotopic (exact) mass is 230 g/mol. The zero-order valence-electron chi connectivity index (χ0n) is 6.57. The summed E-state index contributed by atoms with van der Waals surface area (Å²) < 4.78 is 72.2. The summed E-state index contributed by atoms with van der Waals surface area (Å²) >= 11 is 0. The molecule has 0 aromatic heterocycles. The summed E-state index contributed by atoms with van der Waals surface area (Å²) in [5.41, 5.74) is -4.75. The topological polar surface area (TPSA) is 43.5 Å². The highest BCUT2D eigenvalue weighted by atomic mass is 19.4. The highest BCUT2D eigenvalue weighted by molar-refractivity contribution is 6.03. The van der Waals surface area contributed by atoms with Crippen molar-refractivity contribution in [2.45, 2.75) is 12.4 Å². The van der Waals surface area contributed by atoms with Crippen molar-refractivity contribution in [1.29, 1.82) is 0 Å². The molecule has 3 nitrogen and oxygen atoms in total. The van der Waals surface area contributed by atoms with E-state index in [9.17, 15) is 31.1 Å². The molecular formula is C6F6N2O. The number of hydrogen-bond acceptors (Lipinski definition) is 2. The largest absolute Gasteiger partial charge is 0.434 e. The first kappa shape index (κ1) is 11.5. The van der Waals surface area contributed by atoms with E-state index in [4.69, 9.17) is 0 Å². The van der Waals surface area contributed by atoms with Gasteiger partial charge < -0.3 is 0 Å². The van der Waals surface area contributed by atoms with Gasteiger partial charge in [0.1, 0.15) is 0 Å². The SMILES string of the molecule is O=C1[N][C]=NC(C(F)(F)F)=C1C(F)(F)F. The summed E-state index contributed by atoms with van der Waals surface area (Å²) in [6.07, 6.45) is -9.60. The lowest BCUT2D eigenvalue weighted by atomic mass is 10.1. The van der Waals surface area contributed by atoms with E-state index in [0.717, 1.165) is 0 Å². The third-order valence-electron chi connectivity index (χ3n) is 1.32. The summed E-state index contributed by atoms with van der Waals surface area (Å²) in [4.78, 5) is 12.8. The molecule has 0 spiro atoms. The Hall–Kier alpha value is -1.54. The molecule has 1 amide bonds. The fourth-order valence-electron chi connectivity index (χ4n) is 0.794. The highest BCUT2D eigenvalue weighted by Crippen LogP contribution is 2.37. The zero-order valence-corrected chi connectivity index (χ0v) is 6.57. The molecule has 1 aliphatic rings. The van der Waals surface area contributed by atoms with E-state index < -0.39 is 29.5 Å². The lowest BCUT2D eigenvalue weighted by molar-refractivity contribution is -0.137. The summed E-state index contributed by atoms with van der Waals surface area (Å²) in [5.74, 6) is -2.05. The number of rotatable bonds is 0. The van der Waals surface area contributed by atoms with Crippen LogP contribution in [0.5, 0.6) is 0 Å². The molecule has 2 radical (unpaired) electrons. The van der Waals surface area contributed by atoms with Crippen molar-refractivity contribution in [1.82, 2.24) is 5.32 Å². The number of carbonyl (C=O) groups excluding carboxylic acids is 1. The fraction of sp³-hybridized carbons (Fsp3) is 0.333. The molecule has 0 atom stereocenters. The Balaban J connectivity index is 3.37. The molecule has 0 saturated heterocycles. The molecule has 1 aliphatic heterocycles. The van der Waals surface area contributed by atoms with Crippen molar-refractivity contribution < 1.29 is 31.1 Å². The maximum atomic E-state index is 12.0. The van der Waals surface area contributed by atoms with Gasteiger partial charge >= 0.3 is 12.4 Å². The van der Waals surface area contributed by atoms with Gasteiger partial charge in [0.15, 0.2) is 11.3 Å². The minimum absolute atomic E-state index is 1.22. The number of hydrogen-bond donors (Lipinski definition) is 0. The van der Waals surface area contributed by atoms with Crippen molar-refractivity contribution in [2.75, 3.05) is 0 Å². The van der Waals surface area contributed by atoms with Crippen molar-refractivity contribution >= 4 is 12.2 Å². The first-order valence-electron chi connectivity index (χ1n) is 3.23. The third-order valence-corrected chi connectivity index (χ3v) is 1.32. The second-order valence-electron chi connectivity index (χ2n) is 2.35. The van der Waals surface area contributed by atoms with Gasteiger partial charge in [0.2, 0.25) is 6.34 Å². The normalized spacial score (nSPS) is 18.1. The molecule has 0 saturated carbocycles. The highest BCUT2D eigenvalue weighted by Gasteiger charge is 2.50. The smallest absolute Gasteiger partial charge is 0.267 e. The van der Waals surface area contributed by atoms with Crippen LogP contribution in [0.4, 0.5) is 26.3 Å². The summed E-state index contributed by atoms with van der Waals surface area (Å²) in [7, 11) is 0. The second kappa shape index (κ2) is 3.24. The van der Waals surface area contributed by atoms with Crippen LogP contribution in [0, 0.1) is 0 Å².